The number of hydrogen-bond donors (Lipinski definition) is 2. The van der Waals surface area contributed by atoms with Gasteiger partial charge in [0.05, 0.1) is 40.5 Å². The van der Waals surface area contributed by atoms with Gasteiger partial charge >= 0.3 is 0 Å². The fourth-order valence-electron chi connectivity index (χ4n) is 12.1. The van der Waals surface area contributed by atoms with Crippen molar-refractivity contribution in [2.75, 3.05) is 72.0 Å². The number of carbonyl (C=O) groups is 5. The minimum Gasteiger partial charge on any atom is -0.372 e. The van der Waals surface area contributed by atoms with Crippen LogP contribution in [0, 0.1) is 23.0 Å². The van der Waals surface area contributed by atoms with E-state index in [0.29, 0.717) is 106 Å². The third kappa shape index (κ3) is 12.5. The van der Waals surface area contributed by atoms with Crippen LogP contribution in [-0.4, -0.2) is 154 Å². The summed E-state index contributed by atoms with van der Waals surface area (Å²) in [5.41, 5.74) is 0.317. The molecule has 2 atom stereocenters. The number of amides is 5. The Morgan fingerprint density at radius 1 is 0.760 bits per heavy atom. The number of aromatic amines is 1. The third-order valence-corrected chi connectivity index (χ3v) is 16.5. The minimum atomic E-state index is -0.770. The predicted molar refractivity (Wildman–Crippen MR) is 281 cm³/mol. The van der Waals surface area contributed by atoms with E-state index in [1.54, 1.807) is 46.2 Å². The van der Waals surface area contributed by atoms with Gasteiger partial charge in [-0.1, -0.05) is 76.4 Å². The monoisotopic (exact) mass is 1030 g/mol. The molecule has 5 heterocycles. The maximum Gasteiger partial charge on any atom is 0.272 e. The molecule has 0 bridgehead atoms. The molecule has 1 saturated carbocycles. The summed E-state index contributed by atoms with van der Waals surface area (Å²) in [6.45, 7) is 12.7. The maximum absolute atomic E-state index is 16.4. The molecular formula is C58H74F2N8O7. The summed E-state index contributed by atoms with van der Waals surface area (Å²) in [4.78, 5) is 90.2. The number of carbonyl (C=O) groups excluding carboxylic acids is 5. The summed E-state index contributed by atoms with van der Waals surface area (Å²) in [5.74, 6) is -2.62. The molecule has 3 aromatic carbocycles. The van der Waals surface area contributed by atoms with Gasteiger partial charge in [0.25, 0.3) is 17.4 Å². The van der Waals surface area contributed by atoms with Gasteiger partial charge in [0.15, 0.2) is 0 Å². The van der Waals surface area contributed by atoms with Crippen molar-refractivity contribution in [2.45, 2.75) is 128 Å². The summed E-state index contributed by atoms with van der Waals surface area (Å²) in [7, 11) is 0. The van der Waals surface area contributed by atoms with Gasteiger partial charge in [0.2, 0.25) is 17.7 Å². The number of fused-ring (bicyclic) bond motifs is 1. The van der Waals surface area contributed by atoms with Crippen molar-refractivity contribution in [1.82, 2.24) is 40.0 Å². The molecule has 4 saturated heterocycles. The molecule has 5 amide bonds. The number of ether oxygens (including phenoxy) is 1. The lowest BCUT2D eigenvalue weighted by atomic mass is 9.82. The number of rotatable bonds is 12. The maximum atomic E-state index is 16.4. The normalized spacial score (nSPS) is 20.7. The van der Waals surface area contributed by atoms with Crippen molar-refractivity contribution in [3.63, 3.8) is 0 Å². The molecule has 17 heteroatoms. The van der Waals surface area contributed by atoms with Crippen molar-refractivity contribution >= 4 is 40.3 Å². The Morgan fingerprint density at radius 2 is 1.45 bits per heavy atom. The van der Waals surface area contributed by atoms with Gasteiger partial charge in [-0.3, -0.25) is 33.7 Å². The number of benzene rings is 3. The van der Waals surface area contributed by atoms with E-state index in [0.717, 1.165) is 51.4 Å². The van der Waals surface area contributed by atoms with E-state index in [4.69, 9.17) is 4.74 Å². The number of piperidine rings is 3. The standard InChI is InChI=1S/C58H74F2N8O7/c1-57(2,3)56(74)68-25-11-14-40(36-68)42-17-10-18-45(50(42)60)52(70)61-51(39-12-6-5-7-13-39)55(73)66-28-23-58(4,24-29-66)75-41-21-26-64(27-22-41)37-49(69)65-30-32-67(33-31-65)54(72)46-34-38(19-20-47(46)59)35-48-43-15-8-9-16-44(43)53(71)63-62-48/h8-10,15-20,34,39-41,51H,5-7,11-14,21-33,35-37H2,1-4H3,(H,61,70)(H,63,71). The summed E-state index contributed by atoms with van der Waals surface area (Å²) in [5, 5.41) is 11.0. The van der Waals surface area contributed by atoms with E-state index in [1.807, 2.05) is 42.7 Å². The molecule has 1 aromatic heterocycles. The third-order valence-electron chi connectivity index (χ3n) is 16.5. The zero-order valence-electron chi connectivity index (χ0n) is 44.1. The number of piperazine rings is 1. The van der Waals surface area contributed by atoms with Crippen molar-refractivity contribution < 1.29 is 37.5 Å². The average molecular weight is 1030 g/mol. The SMILES string of the molecule is CC1(OC2CCN(CC(=O)N3CCN(C(=O)c4cc(Cc5n[nH]c(=O)c6ccccc56)ccc4F)CC3)CC2)CCN(C(=O)C(NC(=O)c2cccc(C3CCCN(C(=O)C(C)(C)C)C3)c2F)C2CCCCC2)CC1. The van der Waals surface area contributed by atoms with Crippen LogP contribution in [0.15, 0.2) is 65.5 Å². The van der Waals surface area contributed by atoms with E-state index in [9.17, 15) is 28.8 Å². The number of H-pyrrole nitrogens is 1. The van der Waals surface area contributed by atoms with E-state index >= 15 is 8.78 Å². The van der Waals surface area contributed by atoms with Crippen molar-refractivity contribution in [3.05, 3.63) is 111 Å². The van der Waals surface area contributed by atoms with E-state index in [-0.39, 0.29) is 72.0 Å². The highest BCUT2D eigenvalue weighted by Crippen LogP contribution is 2.35. The molecule has 2 N–H and O–H groups in total. The lowest BCUT2D eigenvalue weighted by Crippen LogP contribution is -2.56. The fourth-order valence-corrected chi connectivity index (χ4v) is 12.1. The van der Waals surface area contributed by atoms with Gasteiger partial charge < -0.3 is 29.7 Å². The van der Waals surface area contributed by atoms with Gasteiger partial charge in [-0.05, 0) is 99.6 Å². The van der Waals surface area contributed by atoms with Crippen LogP contribution >= 0.6 is 0 Å². The molecule has 1 aliphatic carbocycles. The molecule has 402 valence electrons. The summed E-state index contributed by atoms with van der Waals surface area (Å²) in [6.07, 6.45) is 9.19. The molecule has 75 heavy (non-hydrogen) atoms. The fraction of sp³-hybridized carbons (Fsp3) is 0.569. The van der Waals surface area contributed by atoms with E-state index in [1.165, 1.54) is 12.1 Å². The van der Waals surface area contributed by atoms with Gasteiger partial charge in [-0.15, -0.1) is 0 Å². The van der Waals surface area contributed by atoms with Crippen LogP contribution in [0.3, 0.4) is 0 Å². The molecule has 9 rings (SSSR count). The van der Waals surface area contributed by atoms with Crippen LogP contribution in [0.4, 0.5) is 8.78 Å². The number of aromatic nitrogens is 2. The average Bonchev–Trinajstić information content (AvgIpc) is 3.41. The molecule has 2 unspecified atom stereocenters. The highest BCUT2D eigenvalue weighted by Gasteiger charge is 2.41. The topological polar surface area (TPSA) is 169 Å². The molecule has 5 fully saturated rings. The largest absolute Gasteiger partial charge is 0.372 e. The second-order valence-electron chi connectivity index (χ2n) is 23.0. The van der Waals surface area contributed by atoms with Crippen LogP contribution in [0.2, 0.25) is 0 Å². The number of nitrogens with zero attached hydrogens (tertiary/aromatic N) is 6. The Balaban J connectivity index is 0.729. The minimum absolute atomic E-state index is 0.0000122. The lowest BCUT2D eigenvalue weighted by molar-refractivity contribution is -0.150. The highest BCUT2D eigenvalue weighted by atomic mass is 19.1. The second-order valence-corrected chi connectivity index (χ2v) is 23.0. The second kappa shape index (κ2) is 23.0. The summed E-state index contributed by atoms with van der Waals surface area (Å²) in [6, 6.07) is 15.7. The van der Waals surface area contributed by atoms with Crippen molar-refractivity contribution in [1.29, 1.82) is 0 Å². The van der Waals surface area contributed by atoms with Gasteiger partial charge in [0, 0.05) is 88.6 Å². The van der Waals surface area contributed by atoms with Crippen LogP contribution in [0.5, 0.6) is 0 Å². The van der Waals surface area contributed by atoms with Gasteiger partial charge in [-0.25, -0.2) is 13.9 Å². The number of nitrogens with one attached hydrogen (secondary N) is 2. The Hall–Kier alpha value is -6.07. The van der Waals surface area contributed by atoms with Crippen molar-refractivity contribution in [2.24, 2.45) is 11.3 Å². The summed E-state index contributed by atoms with van der Waals surface area (Å²) >= 11 is 0. The van der Waals surface area contributed by atoms with E-state index in [2.05, 4.69) is 27.3 Å². The number of hydrogen-bond acceptors (Lipinski definition) is 9. The molecule has 4 aromatic rings. The molecule has 0 radical (unpaired) electrons. The highest BCUT2D eigenvalue weighted by molar-refractivity contribution is 5.98. The Morgan fingerprint density at radius 3 is 2.16 bits per heavy atom. The zero-order chi connectivity index (χ0) is 53.0. The quantitative estimate of drug-likeness (QED) is 0.151. The molecular weight excluding hydrogens is 959 g/mol. The van der Waals surface area contributed by atoms with Crippen molar-refractivity contribution in [3.8, 4) is 0 Å². The molecule has 5 aliphatic rings. The Labute approximate surface area is 438 Å². The smallest absolute Gasteiger partial charge is 0.272 e. The van der Waals surface area contributed by atoms with Gasteiger partial charge in [0.1, 0.15) is 17.7 Å². The molecule has 4 aliphatic heterocycles. The van der Waals surface area contributed by atoms with Crippen LogP contribution in [0.1, 0.15) is 142 Å². The first kappa shape index (κ1) is 53.7. The van der Waals surface area contributed by atoms with Crippen LogP contribution < -0.4 is 10.9 Å². The molecule has 0 spiro atoms. The first-order valence-corrected chi connectivity index (χ1v) is 27.3. The van der Waals surface area contributed by atoms with Crippen LogP contribution in [-0.2, 0) is 25.5 Å². The Bertz CT molecular complexity index is 2800. The Kier molecular flexibility index (Phi) is 16.5. The first-order valence-electron chi connectivity index (χ1n) is 27.3. The molecule has 15 nitrogen and oxygen atoms in total. The number of likely N-dealkylation sites (tertiary alicyclic amines) is 3. The van der Waals surface area contributed by atoms with Crippen LogP contribution in [0.25, 0.3) is 10.8 Å². The number of halogens is 2. The zero-order valence-corrected chi connectivity index (χ0v) is 44.1. The predicted octanol–water partition coefficient (Wildman–Crippen LogP) is 7.07. The van der Waals surface area contributed by atoms with Gasteiger partial charge in [-0.2, -0.15) is 5.10 Å². The summed E-state index contributed by atoms with van der Waals surface area (Å²) < 4.78 is 38.3. The van der Waals surface area contributed by atoms with E-state index < -0.39 is 40.5 Å². The first-order chi connectivity index (χ1) is 35.9. The lowest BCUT2D eigenvalue weighted by Gasteiger charge is -2.44.